The van der Waals surface area contributed by atoms with Crippen LogP contribution in [0.25, 0.3) is 0 Å². The first kappa shape index (κ1) is 47.3. The largest absolute Gasteiger partial charge is 0.415 e. The van der Waals surface area contributed by atoms with E-state index in [1.54, 1.807) is 0 Å². The average molecular weight is 832 g/mol. The molecule has 0 unspecified atom stereocenters. The number of hydrogen-bond donors (Lipinski definition) is 0. The lowest BCUT2D eigenvalue weighted by Gasteiger charge is -2.53. The molecule has 2 rings (SSSR count). The molecule has 17 heteroatoms. The first-order valence-electron chi connectivity index (χ1n) is 18.7. The third-order valence-corrected chi connectivity index (χ3v) is 14.1. The third kappa shape index (κ3) is 17.3. The molecule has 2 aliphatic rings. The number of rotatable bonds is 17. The maximum absolute atomic E-state index is 7.12. The van der Waals surface area contributed by atoms with Crippen molar-refractivity contribution < 1.29 is 45.2 Å². The monoisotopic (exact) mass is 830 g/mol. The van der Waals surface area contributed by atoms with E-state index < -0.39 is 95.2 Å². The maximum Gasteiger partial charge on any atom is 0.188 e. The molecule has 2 fully saturated rings. The molecule has 0 bridgehead atoms. The first-order valence-corrected chi connectivity index (χ1v) is 42.6. The van der Waals surface area contributed by atoms with Crippen LogP contribution in [0, 0.1) is 0 Å². The van der Waals surface area contributed by atoms with Crippen molar-refractivity contribution in [3.63, 3.8) is 0 Å². The third-order valence-electron chi connectivity index (χ3n) is 7.21. The normalized spacial score (nSPS) is 32.8. The van der Waals surface area contributed by atoms with Gasteiger partial charge in [-0.25, -0.2) is 0 Å². The van der Waals surface area contributed by atoms with E-state index in [1.165, 1.54) is 0 Å². The molecule has 0 saturated carbocycles. The summed E-state index contributed by atoms with van der Waals surface area (Å²) in [7, 11) is -14.5. The fourth-order valence-corrected chi connectivity index (χ4v) is 13.1. The molecular weight excluding hydrogens is 753 g/mol. The lowest BCUT2D eigenvalue weighted by atomic mass is 9.98. The smallest absolute Gasteiger partial charge is 0.188 e. The molecule has 0 aromatic heterocycles. The molecule has 2 heterocycles. The van der Waals surface area contributed by atoms with Gasteiger partial charge in [-0.3, -0.25) is 0 Å². The Bertz CT molecular complexity index is 1050. The van der Waals surface area contributed by atoms with E-state index in [4.69, 9.17) is 45.2 Å². The van der Waals surface area contributed by atoms with Gasteiger partial charge in [-0.05, 0) is 144 Å². The summed E-state index contributed by atoms with van der Waals surface area (Å²) < 4.78 is 69.5. The SMILES string of the molecule is C[C@@H]1O[C@@H](O[C@@H]2O[C@H](CO[Si](C)(C)C)[C@@H](O[Si](C)(C)C)[C@H](O[Si](C)(C)C)[C@H]2O[Si](C)(C)C)[C@H](O[Si](C)(C)C)[C@H](O[Si](C)(C)C)[C@H]1O[Si](C)(C)C. The van der Waals surface area contributed by atoms with Crippen molar-refractivity contribution in [2.45, 2.75) is 206 Å². The van der Waals surface area contributed by atoms with Gasteiger partial charge in [-0.2, -0.15) is 0 Å². The standard InChI is InChI=1S/C33H78O10Si7/c1-24-26(38-45(5,6)7)28(40-47(11,12)13)30(42-49(17,18)19)32(35-24)37-33-31(43-50(20,21)22)29(41-48(14,15)16)27(39-46(8,9)10)25(36-33)23-34-44(2,3)4/h24-33H,23H2,1-22H3/t24-,25+,26-,27+,28+,29-,30+,31+,32-,33-/m0/s1. The van der Waals surface area contributed by atoms with E-state index in [-0.39, 0.29) is 24.4 Å². The Kier molecular flexibility index (Phi) is 16.2. The Hall–Kier alpha value is 1.12. The van der Waals surface area contributed by atoms with E-state index >= 15 is 0 Å². The van der Waals surface area contributed by atoms with Gasteiger partial charge in [-0.15, -0.1) is 0 Å². The summed E-state index contributed by atoms with van der Waals surface area (Å²) in [6, 6.07) is 0. The highest BCUT2D eigenvalue weighted by Crippen LogP contribution is 2.39. The van der Waals surface area contributed by atoms with Gasteiger partial charge in [0.1, 0.15) is 36.6 Å². The van der Waals surface area contributed by atoms with Crippen LogP contribution in [0.2, 0.25) is 137 Å². The molecular formula is C33H78O10Si7. The van der Waals surface area contributed by atoms with E-state index in [9.17, 15) is 0 Å². The average Bonchev–Trinajstić information content (AvgIpc) is 2.81. The summed E-state index contributed by atoms with van der Waals surface area (Å²) >= 11 is 0. The lowest BCUT2D eigenvalue weighted by Crippen LogP contribution is -2.69. The van der Waals surface area contributed by atoms with Crippen molar-refractivity contribution in [2.24, 2.45) is 0 Å². The van der Waals surface area contributed by atoms with Gasteiger partial charge in [-0.1, -0.05) is 0 Å². The van der Waals surface area contributed by atoms with Gasteiger partial charge in [0.25, 0.3) is 0 Å². The highest BCUT2D eigenvalue weighted by molar-refractivity contribution is 6.72. The highest BCUT2D eigenvalue weighted by Gasteiger charge is 2.56. The van der Waals surface area contributed by atoms with Crippen LogP contribution in [0.1, 0.15) is 6.92 Å². The first-order chi connectivity index (χ1) is 22.0. The van der Waals surface area contributed by atoms with Crippen LogP contribution < -0.4 is 0 Å². The van der Waals surface area contributed by atoms with Gasteiger partial charge in [0, 0.05) is 0 Å². The fraction of sp³-hybridized carbons (Fsp3) is 1.00. The van der Waals surface area contributed by atoms with E-state index in [0.29, 0.717) is 6.61 Å². The molecule has 50 heavy (non-hydrogen) atoms. The van der Waals surface area contributed by atoms with Crippen LogP contribution in [0.15, 0.2) is 0 Å². The summed E-state index contributed by atoms with van der Waals surface area (Å²) in [4.78, 5) is 0. The molecule has 298 valence electrons. The second kappa shape index (κ2) is 17.1. The van der Waals surface area contributed by atoms with Gasteiger partial charge in [0.2, 0.25) is 0 Å². The molecule has 2 saturated heterocycles. The van der Waals surface area contributed by atoms with Crippen molar-refractivity contribution in [2.75, 3.05) is 6.61 Å². The topological polar surface area (TPSA) is 92.3 Å². The summed E-state index contributed by atoms with van der Waals surface area (Å²) in [5, 5.41) is 0. The minimum Gasteiger partial charge on any atom is -0.415 e. The van der Waals surface area contributed by atoms with Crippen LogP contribution >= 0.6 is 0 Å². The molecule has 0 spiro atoms. The second-order valence-corrected chi connectivity index (χ2v) is 52.3. The van der Waals surface area contributed by atoms with Crippen molar-refractivity contribution in [3.05, 3.63) is 0 Å². The molecule has 0 aliphatic carbocycles. The van der Waals surface area contributed by atoms with E-state index in [0.717, 1.165) is 0 Å². The van der Waals surface area contributed by atoms with Crippen LogP contribution in [-0.4, -0.2) is 126 Å². The Balaban J connectivity index is 2.76. The van der Waals surface area contributed by atoms with Crippen LogP contribution in [0.3, 0.4) is 0 Å². The van der Waals surface area contributed by atoms with Gasteiger partial charge >= 0.3 is 0 Å². The van der Waals surface area contributed by atoms with Crippen molar-refractivity contribution in [1.82, 2.24) is 0 Å². The van der Waals surface area contributed by atoms with Crippen LogP contribution in [-0.2, 0) is 45.2 Å². The summed E-state index contributed by atoms with van der Waals surface area (Å²) in [6.07, 6.45) is -4.95. The van der Waals surface area contributed by atoms with Crippen molar-refractivity contribution in [1.29, 1.82) is 0 Å². The Morgan fingerprint density at radius 1 is 0.360 bits per heavy atom. The Morgan fingerprint density at radius 2 is 0.660 bits per heavy atom. The van der Waals surface area contributed by atoms with E-state index in [1.807, 2.05) is 0 Å². The van der Waals surface area contributed by atoms with Crippen molar-refractivity contribution >= 4 is 58.2 Å². The van der Waals surface area contributed by atoms with Crippen LogP contribution in [0.5, 0.6) is 0 Å². The van der Waals surface area contributed by atoms with Gasteiger partial charge in [0.05, 0.1) is 18.8 Å². The Labute approximate surface area is 314 Å². The zero-order valence-corrected chi connectivity index (χ0v) is 43.1. The molecule has 0 aromatic rings. The Morgan fingerprint density at radius 3 is 1.02 bits per heavy atom. The van der Waals surface area contributed by atoms with E-state index in [2.05, 4.69) is 144 Å². The highest BCUT2D eigenvalue weighted by atomic mass is 28.4. The summed E-state index contributed by atoms with van der Waals surface area (Å²) in [5.74, 6) is 0. The molecule has 0 amide bonds. The molecule has 0 radical (unpaired) electrons. The minimum absolute atomic E-state index is 0.300. The predicted molar refractivity (Wildman–Crippen MR) is 223 cm³/mol. The minimum atomic E-state index is -2.17. The van der Waals surface area contributed by atoms with Crippen molar-refractivity contribution in [3.8, 4) is 0 Å². The quantitative estimate of drug-likeness (QED) is 0.133. The number of hydrogen-bond acceptors (Lipinski definition) is 10. The molecule has 10 atom stereocenters. The van der Waals surface area contributed by atoms with Crippen LogP contribution in [0.4, 0.5) is 0 Å². The fourth-order valence-electron chi connectivity index (χ4n) is 5.94. The zero-order chi connectivity index (χ0) is 39.1. The predicted octanol–water partition coefficient (Wildman–Crippen LogP) is 8.64. The van der Waals surface area contributed by atoms with Gasteiger partial charge in [0.15, 0.2) is 70.8 Å². The molecule has 2 aliphatic heterocycles. The van der Waals surface area contributed by atoms with Gasteiger partial charge < -0.3 is 45.2 Å². The number of ether oxygens (including phenoxy) is 3. The second-order valence-electron chi connectivity index (χ2n) is 21.0. The molecule has 0 N–H and O–H groups in total. The molecule has 0 aromatic carbocycles. The summed E-state index contributed by atoms with van der Waals surface area (Å²) in [6.45, 7) is 48.7. The summed E-state index contributed by atoms with van der Waals surface area (Å²) in [5.41, 5.74) is 0. The zero-order valence-electron chi connectivity index (χ0n) is 36.1. The molecule has 10 nitrogen and oxygen atoms in total. The lowest BCUT2D eigenvalue weighted by molar-refractivity contribution is -0.365. The maximum atomic E-state index is 7.12.